The maximum Gasteiger partial charge on any atom is 0.351 e. The number of hydrogen-bond acceptors (Lipinski definition) is 15. The van der Waals surface area contributed by atoms with Gasteiger partial charge in [0.15, 0.2) is 12.5 Å². The van der Waals surface area contributed by atoms with Gasteiger partial charge in [0.2, 0.25) is 0 Å². The van der Waals surface area contributed by atoms with Gasteiger partial charge < -0.3 is 51.6 Å². The molecule has 2 aliphatic rings. The van der Waals surface area contributed by atoms with E-state index in [-0.39, 0.29) is 22.8 Å². The molecule has 4 rings (SSSR count). The van der Waals surface area contributed by atoms with Crippen LogP contribution in [0.5, 0.6) is 0 Å². The molecule has 2 aliphatic heterocycles. The molecule has 17 heteroatoms. The minimum Gasteiger partial charge on any atom is -0.394 e. The topological polar surface area (TPSA) is 285 Å². The van der Waals surface area contributed by atoms with Gasteiger partial charge in [-0.1, -0.05) is 5.92 Å². The molecule has 4 heterocycles. The van der Waals surface area contributed by atoms with E-state index in [1.165, 1.54) is 6.20 Å². The molecule has 10 N–H and O–H groups in total. The second-order valence-corrected chi connectivity index (χ2v) is 8.17. The van der Waals surface area contributed by atoms with Crippen molar-refractivity contribution in [2.75, 3.05) is 24.7 Å². The molecule has 0 spiro atoms. The molecule has 2 fully saturated rings. The van der Waals surface area contributed by atoms with Crippen molar-refractivity contribution < 1.29 is 40.1 Å². The van der Waals surface area contributed by atoms with Gasteiger partial charge in [0.25, 0.3) is 0 Å². The third-order valence-electron chi connectivity index (χ3n) is 5.82. The lowest BCUT2D eigenvalue weighted by Crippen LogP contribution is -2.36. The number of terminal acetylenes is 1. The van der Waals surface area contributed by atoms with Crippen molar-refractivity contribution in [3.63, 3.8) is 0 Å². The van der Waals surface area contributed by atoms with Crippen molar-refractivity contribution in [1.29, 1.82) is 5.26 Å². The predicted octanol–water partition coefficient (Wildman–Crippen LogP) is -5.27. The second kappa shape index (κ2) is 11.6. The summed E-state index contributed by atoms with van der Waals surface area (Å²) in [5, 5.41) is 65.6. The van der Waals surface area contributed by atoms with Crippen LogP contribution in [0.2, 0.25) is 0 Å². The monoisotopic (exact) mass is 535 g/mol. The number of hydrogen-bond donors (Lipinski definition) is 8. The van der Waals surface area contributed by atoms with Crippen LogP contribution < -0.4 is 22.8 Å². The van der Waals surface area contributed by atoms with Crippen LogP contribution in [-0.4, -0.2) is 99.6 Å². The van der Waals surface area contributed by atoms with E-state index < -0.39 is 73.7 Å². The number of anilines is 2. The van der Waals surface area contributed by atoms with E-state index in [0.29, 0.717) is 0 Å². The summed E-state index contributed by atoms with van der Waals surface area (Å²) in [5.41, 5.74) is 9.34. The summed E-state index contributed by atoms with van der Waals surface area (Å²) in [7, 11) is 0. The highest BCUT2D eigenvalue weighted by molar-refractivity contribution is 5.48. The van der Waals surface area contributed by atoms with E-state index in [9.17, 15) is 30.0 Å². The van der Waals surface area contributed by atoms with Crippen LogP contribution in [0.3, 0.4) is 0 Å². The molecule has 0 radical (unpaired) electrons. The Morgan fingerprint density at radius 1 is 0.842 bits per heavy atom. The molecule has 2 saturated heterocycles. The summed E-state index contributed by atoms with van der Waals surface area (Å²) in [4.78, 5) is 30.3. The lowest BCUT2D eigenvalue weighted by atomic mass is 10.1. The van der Waals surface area contributed by atoms with Crippen molar-refractivity contribution in [2.45, 2.75) is 49.1 Å². The number of aromatic nitrogens is 4. The smallest absolute Gasteiger partial charge is 0.351 e. The molecule has 0 bridgehead atoms. The average Bonchev–Trinajstić information content (AvgIpc) is 3.34. The molecule has 38 heavy (non-hydrogen) atoms. The van der Waals surface area contributed by atoms with Gasteiger partial charge in [0.1, 0.15) is 59.9 Å². The lowest BCUT2D eigenvalue weighted by Gasteiger charge is -2.17. The fraction of sp³-hybridized carbons (Fsp3) is 0.476. The fourth-order valence-electron chi connectivity index (χ4n) is 3.74. The Morgan fingerprint density at radius 3 is 1.58 bits per heavy atom. The van der Waals surface area contributed by atoms with Gasteiger partial charge in [-0.3, -0.25) is 9.13 Å². The maximum atomic E-state index is 11.7. The first-order valence-electron chi connectivity index (χ1n) is 10.9. The van der Waals surface area contributed by atoms with Crippen LogP contribution in [0.15, 0.2) is 22.0 Å². The van der Waals surface area contributed by atoms with Gasteiger partial charge in [0.05, 0.1) is 18.8 Å². The fourth-order valence-corrected chi connectivity index (χ4v) is 3.74. The van der Waals surface area contributed by atoms with Crippen LogP contribution in [0.1, 0.15) is 23.6 Å². The van der Waals surface area contributed by atoms with Gasteiger partial charge in [-0.15, -0.1) is 6.42 Å². The molecule has 0 aromatic carbocycles. The maximum absolute atomic E-state index is 11.7. The van der Waals surface area contributed by atoms with Gasteiger partial charge in [-0.25, -0.2) is 9.59 Å². The third kappa shape index (κ3) is 5.36. The summed E-state index contributed by atoms with van der Waals surface area (Å²) < 4.78 is 12.2. The third-order valence-corrected chi connectivity index (χ3v) is 5.82. The Kier molecular flexibility index (Phi) is 8.78. The summed E-state index contributed by atoms with van der Waals surface area (Å²) in [6.07, 6.45) is -2.38. The molecular weight excluding hydrogens is 510 g/mol. The van der Waals surface area contributed by atoms with Crippen molar-refractivity contribution in [3.05, 3.63) is 44.5 Å². The van der Waals surface area contributed by atoms with E-state index in [0.717, 1.165) is 15.3 Å². The Labute approximate surface area is 213 Å². The standard InChI is InChI=1S/C11H13N3O5.C10H12N4O5/c1-2-5-3-14(11(18)13-9(5)12)10-8(17)7(16)6(4-15)19-10;11-1-4-2-14(10(18)13-8(4)12)9-7(17)6(16)5(3-15)19-9/h1,3,6-8,10,15-17H,4H2,(H2,12,13,18);2,5-7,9,15-17H,3H2,(H2,12,13,18)/t6-,7-,8-,10-;5-,6-,7-,9-/m11/s1. The molecule has 0 unspecified atom stereocenters. The first-order chi connectivity index (χ1) is 18.0. The Hall–Kier alpha value is -3.91. The molecule has 0 aliphatic carbocycles. The number of rotatable bonds is 4. The number of nitrogens with two attached hydrogens (primary N) is 2. The van der Waals surface area contributed by atoms with Gasteiger partial charge in [0, 0.05) is 12.4 Å². The zero-order chi connectivity index (χ0) is 28.3. The molecule has 0 saturated carbocycles. The zero-order valence-corrected chi connectivity index (χ0v) is 19.5. The molecule has 2 aromatic heterocycles. The minimum absolute atomic E-state index is 0.0580. The lowest BCUT2D eigenvalue weighted by molar-refractivity contribution is -0.0549. The van der Waals surface area contributed by atoms with Crippen LogP contribution in [-0.2, 0) is 9.47 Å². The first kappa shape index (κ1) is 28.7. The average molecular weight is 535 g/mol. The van der Waals surface area contributed by atoms with Crippen molar-refractivity contribution >= 4 is 11.6 Å². The predicted molar refractivity (Wildman–Crippen MR) is 124 cm³/mol. The molecule has 17 nitrogen and oxygen atoms in total. The number of aliphatic hydroxyl groups excluding tert-OH is 6. The summed E-state index contributed by atoms with van der Waals surface area (Å²) >= 11 is 0. The number of nitrogen functional groups attached to an aromatic ring is 2. The summed E-state index contributed by atoms with van der Waals surface area (Å²) in [5.74, 6) is 1.91. The highest BCUT2D eigenvalue weighted by Crippen LogP contribution is 2.29. The molecule has 2 aromatic rings. The van der Waals surface area contributed by atoms with Crippen molar-refractivity contribution in [2.24, 2.45) is 0 Å². The van der Waals surface area contributed by atoms with E-state index in [1.54, 1.807) is 6.07 Å². The Bertz CT molecular complexity index is 1260. The summed E-state index contributed by atoms with van der Waals surface area (Å²) in [6, 6.07) is 1.74. The molecule has 204 valence electrons. The largest absolute Gasteiger partial charge is 0.394 e. The van der Waals surface area contributed by atoms with Gasteiger partial charge >= 0.3 is 11.4 Å². The molecular formula is C21H25N7O10. The quantitative estimate of drug-likeness (QED) is 0.170. The number of aliphatic hydroxyl groups is 6. The van der Waals surface area contributed by atoms with E-state index in [1.807, 2.05) is 0 Å². The van der Waals surface area contributed by atoms with E-state index >= 15 is 0 Å². The van der Waals surface area contributed by atoms with Crippen LogP contribution in [0.4, 0.5) is 11.6 Å². The highest BCUT2D eigenvalue weighted by Gasteiger charge is 2.45. The summed E-state index contributed by atoms with van der Waals surface area (Å²) in [6.45, 7) is -1.01. The van der Waals surface area contributed by atoms with Gasteiger partial charge in [-0.05, 0) is 0 Å². The molecule has 8 atom stereocenters. The first-order valence-corrected chi connectivity index (χ1v) is 10.9. The van der Waals surface area contributed by atoms with E-state index in [4.69, 9.17) is 42.8 Å². The minimum atomic E-state index is -1.42. The number of ether oxygens (including phenoxy) is 2. The number of nitrogens with zero attached hydrogens (tertiary/aromatic N) is 5. The SMILES string of the molecule is C#Cc1cn([C@@H]2O[C@H](CO)[C@@H](O)[C@H]2O)c(=O)nc1N.N#Cc1cn([C@@H]2O[C@H](CO)[C@@H](O)[C@H]2O)c(=O)nc1N. The van der Waals surface area contributed by atoms with Crippen LogP contribution >= 0.6 is 0 Å². The van der Waals surface area contributed by atoms with Gasteiger partial charge in [-0.2, -0.15) is 15.2 Å². The van der Waals surface area contributed by atoms with Crippen LogP contribution in [0.25, 0.3) is 0 Å². The highest BCUT2D eigenvalue weighted by atomic mass is 16.6. The second-order valence-electron chi connectivity index (χ2n) is 8.17. The normalized spacial score (nSPS) is 30.2. The molecule has 0 amide bonds. The van der Waals surface area contributed by atoms with E-state index in [2.05, 4.69) is 15.9 Å². The number of nitriles is 1. The van der Waals surface area contributed by atoms with Crippen LogP contribution in [0, 0.1) is 23.7 Å². The van der Waals surface area contributed by atoms with Crippen molar-refractivity contribution in [3.8, 4) is 18.4 Å². The van der Waals surface area contributed by atoms with Crippen molar-refractivity contribution in [1.82, 2.24) is 19.1 Å². The Balaban J connectivity index is 0.000000211. The Morgan fingerprint density at radius 2 is 1.24 bits per heavy atom. The zero-order valence-electron chi connectivity index (χ0n) is 19.5.